The van der Waals surface area contributed by atoms with Crippen LogP contribution in [0.3, 0.4) is 0 Å². The van der Waals surface area contributed by atoms with Crippen molar-refractivity contribution in [2.24, 2.45) is 5.92 Å². The molecule has 0 spiro atoms. The topological polar surface area (TPSA) is 80.1 Å². The third kappa shape index (κ3) is 4.48. The van der Waals surface area contributed by atoms with Gasteiger partial charge >= 0.3 is 6.18 Å². The molecule has 1 aromatic heterocycles. The van der Waals surface area contributed by atoms with E-state index < -0.39 is 24.1 Å². The van der Waals surface area contributed by atoms with Gasteiger partial charge in [0.15, 0.2) is 10.8 Å². The Kier molecular flexibility index (Phi) is 6.07. The van der Waals surface area contributed by atoms with E-state index in [1.165, 1.54) is 0 Å². The lowest BCUT2D eigenvalue weighted by Crippen LogP contribution is -2.55. The molecular weight excluding hydrogens is 371 g/mol. The Balaban J connectivity index is 1.62. The molecule has 2 fully saturated rings. The van der Waals surface area contributed by atoms with Crippen LogP contribution in [-0.4, -0.2) is 76.2 Å². The SMILES string of the molecule is OC[C@H]1CC(O)[C@@H](O)CN1CC1CCCN(c2nc(C(F)(F)F)cs2)C1. The zero-order valence-electron chi connectivity index (χ0n) is 14.3. The largest absolute Gasteiger partial charge is 0.434 e. The van der Waals surface area contributed by atoms with Gasteiger partial charge in [-0.1, -0.05) is 0 Å². The van der Waals surface area contributed by atoms with Gasteiger partial charge in [0.05, 0.1) is 18.8 Å². The minimum Gasteiger partial charge on any atom is -0.395 e. The summed E-state index contributed by atoms with van der Waals surface area (Å²) in [5.41, 5.74) is -0.854. The predicted octanol–water partition coefficient (Wildman–Crippen LogP) is 1.17. The van der Waals surface area contributed by atoms with E-state index in [-0.39, 0.29) is 18.6 Å². The Morgan fingerprint density at radius 1 is 1.23 bits per heavy atom. The number of thiazole rings is 1. The quantitative estimate of drug-likeness (QED) is 0.710. The summed E-state index contributed by atoms with van der Waals surface area (Å²) >= 11 is 1.00. The standard InChI is InChI=1S/C16H24F3N3O3S/c17-16(18,19)14-9-26-15(20-14)21-3-1-2-10(5-21)6-22-7-13(25)12(24)4-11(22)8-23/h9-13,23-25H,1-8H2/t10?,11-,12?,13+/m1/s1. The van der Waals surface area contributed by atoms with Gasteiger partial charge in [0.1, 0.15) is 0 Å². The van der Waals surface area contributed by atoms with Crippen molar-refractivity contribution < 1.29 is 28.5 Å². The molecule has 148 valence electrons. The summed E-state index contributed by atoms with van der Waals surface area (Å²) in [6, 6.07) is -0.208. The van der Waals surface area contributed by atoms with Crippen LogP contribution in [0.15, 0.2) is 5.38 Å². The third-order valence-electron chi connectivity index (χ3n) is 5.17. The van der Waals surface area contributed by atoms with Crippen molar-refractivity contribution in [3.05, 3.63) is 11.1 Å². The molecule has 26 heavy (non-hydrogen) atoms. The summed E-state index contributed by atoms with van der Waals surface area (Å²) in [5, 5.41) is 30.6. The molecular formula is C16H24F3N3O3S. The maximum atomic E-state index is 12.8. The van der Waals surface area contributed by atoms with Crippen molar-refractivity contribution in [1.29, 1.82) is 0 Å². The Hall–Kier alpha value is -0.940. The second-order valence-corrected chi connectivity index (χ2v) is 7.96. The predicted molar refractivity (Wildman–Crippen MR) is 91.1 cm³/mol. The van der Waals surface area contributed by atoms with Crippen molar-refractivity contribution in [3.8, 4) is 0 Å². The second kappa shape index (κ2) is 7.97. The maximum Gasteiger partial charge on any atom is 0.434 e. The van der Waals surface area contributed by atoms with Gasteiger partial charge in [-0.25, -0.2) is 4.98 Å². The lowest BCUT2D eigenvalue weighted by Gasteiger charge is -2.43. The molecule has 3 rings (SSSR count). The summed E-state index contributed by atoms with van der Waals surface area (Å²) in [5.74, 6) is 0.207. The molecule has 2 aliphatic heterocycles. The van der Waals surface area contributed by atoms with Crippen LogP contribution in [0.4, 0.5) is 18.3 Å². The molecule has 0 aliphatic carbocycles. The third-order valence-corrected chi connectivity index (χ3v) is 6.07. The average molecular weight is 395 g/mol. The maximum absolute atomic E-state index is 12.8. The first kappa shape index (κ1) is 19.8. The molecule has 2 unspecified atom stereocenters. The molecule has 0 bridgehead atoms. The van der Waals surface area contributed by atoms with Crippen molar-refractivity contribution in [2.45, 2.75) is 43.7 Å². The smallest absolute Gasteiger partial charge is 0.395 e. The van der Waals surface area contributed by atoms with Crippen molar-refractivity contribution >= 4 is 16.5 Å². The van der Waals surface area contributed by atoms with E-state index in [0.717, 1.165) is 29.6 Å². The Morgan fingerprint density at radius 3 is 2.65 bits per heavy atom. The van der Waals surface area contributed by atoms with Crippen molar-refractivity contribution in [1.82, 2.24) is 9.88 Å². The number of β-amino-alcohol motifs (C(OH)–C–C–N with tert-alkyl or cyclic N) is 1. The fourth-order valence-corrected chi connectivity index (χ4v) is 4.64. The van der Waals surface area contributed by atoms with Crippen LogP contribution in [0.1, 0.15) is 25.0 Å². The first-order valence-electron chi connectivity index (χ1n) is 8.76. The minimum atomic E-state index is -4.43. The van der Waals surface area contributed by atoms with Gasteiger partial charge < -0.3 is 20.2 Å². The lowest BCUT2D eigenvalue weighted by molar-refractivity contribution is -0.140. The summed E-state index contributed by atoms with van der Waals surface area (Å²) in [4.78, 5) is 7.60. The highest BCUT2D eigenvalue weighted by Gasteiger charge is 2.36. The van der Waals surface area contributed by atoms with E-state index in [0.29, 0.717) is 37.7 Å². The minimum absolute atomic E-state index is 0.0956. The van der Waals surface area contributed by atoms with E-state index >= 15 is 0 Å². The molecule has 0 radical (unpaired) electrons. The van der Waals surface area contributed by atoms with Crippen molar-refractivity contribution in [2.75, 3.05) is 37.7 Å². The average Bonchev–Trinajstić information content (AvgIpc) is 3.09. The number of anilines is 1. The number of piperidine rings is 2. The van der Waals surface area contributed by atoms with Gasteiger partial charge in [0, 0.05) is 37.6 Å². The fourth-order valence-electron chi connectivity index (χ4n) is 3.77. The monoisotopic (exact) mass is 395 g/mol. The molecule has 2 aliphatic rings. The highest BCUT2D eigenvalue weighted by atomic mass is 32.1. The van der Waals surface area contributed by atoms with Gasteiger partial charge in [-0.05, 0) is 25.2 Å². The van der Waals surface area contributed by atoms with E-state index in [9.17, 15) is 28.5 Å². The number of hydrogen-bond acceptors (Lipinski definition) is 7. The first-order chi connectivity index (χ1) is 12.3. The van der Waals surface area contributed by atoms with Crippen LogP contribution in [0.25, 0.3) is 0 Å². The zero-order chi connectivity index (χ0) is 18.9. The molecule has 6 nitrogen and oxygen atoms in total. The molecule has 2 saturated heterocycles. The van der Waals surface area contributed by atoms with E-state index in [2.05, 4.69) is 4.98 Å². The normalized spacial score (nSPS) is 31.4. The van der Waals surface area contributed by atoms with E-state index in [4.69, 9.17) is 0 Å². The second-order valence-electron chi connectivity index (χ2n) is 7.13. The summed E-state index contributed by atoms with van der Waals surface area (Å²) in [6.45, 7) is 2.09. The molecule has 0 aromatic carbocycles. The Bertz CT molecular complexity index is 601. The molecule has 1 aromatic rings. The first-order valence-corrected chi connectivity index (χ1v) is 9.64. The number of hydrogen-bond donors (Lipinski definition) is 3. The van der Waals surface area contributed by atoms with Gasteiger partial charge in [0.2, 0.25) is 0 Å². The zero-order valence-corrected chi connectivity index (χ0v) is 15.1. The van der Waals surface area contributed by atoms with Crippen LogP contribution in [0.5, 0.6) is 0 Å². The van der Waals surface area contributed by atoms with Crippen LogP contribution in [0.2, 0.25) is 0 Å². The fraction of sp³-hybridized carbons (Fsp3) is 0.812. The molecule has 3 heterocycles. The Morgan fingerprint density at radius 2 is 2.00 bits per heavy atom. The van der Waals surface area contributed by atoms with Crippen LogP contribution in [0, 0.1) is 5.92 Å². The van der Waals surface area contributed by atoms with E-state index in [1.807, 2.05) is 9.80 Å². The summed E-state index contributed by atoms with van der Waals surface area (Å²) < 4.78 is 38.3. The molecule has 4 atom stereocenters. The lowest BCUT2D eigenvalue weighted by atomic mass is 9.93. The molecule has 0 saturated carbocycles. The van der Waals surface area contributed by atoms with Crippen LogP contribution >= 0.6 is 11.3 Å². The van der Waals surface area contributed by atoms with Crippen LogP contribution in [-0.2, 0) is 6.18 Å². The van der Waals surface area contributed by atoms with Gasteiger partial charge in [-0.2, -0.15) is 13.2 Å². The van der Waals surface area contributed by atoms with Gasteiger partial charge in [-0.3, -0.25) is 4.90 Å². The number of aromatic nitrogens is 1. The van der Waals surface area contributed by atoms with Crippen LogP contribution < -0.4 is 4.90 Å². The number of nitrogens with zero attached hydrogens (tertiary/aromatic N) is 3. The highest BCUT2D eigenvalue weighted by Crippen LogP contribution is 2.34. The molecule has 10 heteroatoms. The highest BCUT2D eigenvalue weighted by molar-refractivity contribution is 7.13. The number of aliphatic hydroxyl groups is 3. The number of alkyl halides is 3. The molecule has 3 N–H and O–H groups in total. The number of aliphatic hydroxyl groups excluding tert-OH is 3. The number of likely N-dealkylation sites (tertiary alicyclic amines) is 1. The van der Waals surface area contributed by atoms with Gasteiger partial charge in [0.25, 0.3) is 0 Å². The summed E-state index contributed by atoms with van der Waals surface area (Å²) in [7, 11) is 0. The van der Waals surface area contributed by atoms with Gasteiger partial charge in [-0.15, -0.1) is 11.3 Å². The summed E-state index contributed by atoms with van der Waals surface area (Å²) in [6.07, 6.45) is -4.00. The molecule has 0 amide bonds. The van der Waals surface area contributed by atoms with E-state index in [1.54, 1.807) is 0 Å². The number of rotatable bonds is 4. The van der Waals surface area contributed by atoms with Crippen molar-refractivity contribution in [3.63, 3.8) is 0 Å². The Labute approximate surface area is 153 Å². The number of halogens is 3.